The van der Waals surface area contributed by atoms with Gasteiger partial charge < -0.3 is 41.2 Å². The molecule has 0 bridgehead atoms. The first kappa shape index (κ1) is 31.1. The number of nitrogens with one attached hydrogen (secondary N) is 2. The zero-order valence-corrected chi connectivity index (χ0v) is 22.2. The first-order valence-corrected chi connectivity index (χ1v) is 12.8. The van der Waals surface area contributed by atoms with Crippen LogP contribution >= 0.6 is 0 Å². The molecule has 2 aliphatic heterocycles. The van der Waals surface area contributed by atoms with Gasteiger partial charge in [0.15, 0.2) is 17.4 Å². The van der Waals surface area contributed by atoms with Crippen molar-refractivity contribution >= 4 is 36.8 Å². The summed E-state index contributed by atoms with van der Waals surface area (Å²) < 4.78 is 48.7. The first-order chi connectivity index (χ1) is 20.3. The minimum atomic E-state index is -2.27. The molecule has 14 nitrogen and oxygen atoms in total. The molecule has 1 saturated heterocycles. The number of nitrogens with zero attached hydrogens (tertiary/aromatic N) is 2. The molecule has 2 aliphatic rings. The van der Waals surface area contributed by atoms with Crippen LogP contribution in [0.5, 0.6) is 11.5 Å². The van der Waals surface area contributed by atoms with Gasteiger partial charge >= 0.3 is 30.9 Å². The molecular weight excluding hydrogens is 582 g/mol. The summed E-state index contributed by atoms with van der Waals surface area (Å²) in [6.45, 7) is -0.0535. The van der Waals surface area contributed by atoms with E-state index >= 15 is 0 Å². The molecule has 4 rings (SSSR count). The number of urea groups is 1. The number of hydrogen-bond acceptors (Lipinski definition) is 9. The Bertz CT molecular complexity index is 1500. The largest absolute Gasteiger partial charge is 0.547 e. The molecular formula is C25H25BF3N5O9. The molecule has 0 aliphatic carbocycles. The number of imide groups is 1. The van der Waals surface area contributed by atoms with Gasteiger partial charge in [0.1, 0.15) is 11.8 Å². The van der Waals surface area contributed by atoms with Gasteiger partial charge in [-0.2, -0.15) is 4.39 Å². The molecule has 0 spiro atoms. The predicted molar refractivity (Wildman–Crippen MR) is 139 cm³/mol. The van der Waals surface area contributed by atoms with E-state index in [4.69, 9.17) is 10.4 Å². The second kappa shape index (κ2) is 12.6. The fourth-order valence-corrected chi connectivity index (χ4v) is 4.65. The van der Waals surface area contributed by atoms with Crippen molar-refractivity contribution in [2.45, 2.75) is 24.8 Å². The number of carboxylic acids is 1. The topological polar surface area (TPSA) is 212 Å². The van der Waals surface area contributed by atoms with Crippen LogP contribution in [0.4, 0.5) is 18.0 Å². The van der Waals surface area contributed by atoms with E-state index in [0.29, 0.717) is 11.3 Å². The normalized spacial score (nSPS) is 17.2. The quantitative estimate of drug-likeness (QED) is 0.128. The monoisotopic (exact) mass is 607 g/mol. The summed E-state index contributed by atoms with van der Waals surface area (Å²) in [7, 11) is -1.85. The number of nitrogens with two attached hydrogens (primary N) is 1. The SMILES string of the molecule is NCCCN1CCN(C(=O)N[C@@H](C(=O)N[C@H]2Cc3cccc(C(=O)O)c3OB2O)c2cc(F)c(O)c(F)c2F)C(=O)C1=O. The Kier molecular flexibility index (Phi) is 9.10. The standard InChI is InChI=1S/C25H25BF3N5O9/c27-14-10-13(16(28)17(29)19(14)35)18(32-25(41)34-8-7-33(6-2-5-30)22(37)23(34)38)21(36)31-15-9-11-3-1-4-12(24(39)40)20(11)43-26(15)42/h1,3-4,10,15,18,35,42H,2,5-9,30H2,(H,31,36)(H,32,41)(H,39,40)/t15-,18+/m0/s1. The van der Waals surface area contributed by atoms with Crippen molar-refractivity contribution < 1.29 is 57.0 Å². The average molecular weight is 607 g/mol. The third-order valence-corrected chi connectivity index (χ3v) is 6.87. The number of carbonyl (C=O) groups excluding carboxylic acids is 4. The van der Waals surface area contributed by atoms with Crippen molar-refractivity contribution in [3.8, 4) is 11.5 Å². The molecule has 2 aromatic rings. The van der Waals surface area contributed by atoms with Crippen LogP contribution in [0.1, 0.15) is 33.9 Å². The number of fused-ring (bicyclic) bond motifs is 1. The number of amides is 5. The van der Waals surface area contributed by atoms with Crippen molar-refractivity contribution in [2.24, 2.45) is 5.73 Å². The van der Waals surface area contributed by atoms with Crippen LogP contribution < -0.4 is 21.0 Å². The van der Waals surface area contributed by atoms with Gasteiger partial charge in [0.05, 0.1) is 11.5 Å². The van der Waals surface area contributed by atoms with Crippen LogP contribution in [0, 0.1) is 17.5 Å². The number of carboxylic acid groups (broad SMARTS) is 1. The van der Waals surface area contributed by atoms with Gasteiger partial charge in [0.2, 0.25) is 11.7 Å². The van der Waals surface area contributed by atoms with Gasteiger partial charge in [0.25, 0.3) is 0 Å². The second-order valence-corrected chi connectivity index (χ2v) is 9.62. The maximum absolute atomic E-state index is 14.9. The van der Waals surface area contributed by atoms with Gasteiger partial charge in [-0.15, -0.1) is 0 Å². The minimum absolute atomic E-state index is 0.0883. The van der Waals surface area contributed by atoms with Crippen LogP contribution in [0.15, 0.2) is 24.3 Å². The smallest absolute Gasteiger partial charge is 0.534 e. The summed E-state index contributed by atoms with van der Waals surface area (Å²) in [5, 5.41) is 33.5. The van der Waals surface area contributed by atoms with Gasteiger partial charge in [0, 0.05) is 25.2 Å². The highest BCUT2D eigenvalue weighted by Gasteiger charge is 2.42. The van der Waals surface area contributed by atoms with Crippen molar-refractivity contribution in [2.75, 3.05) is 26.2 Å². The number of phenols is 1. The van der Waals surface area contributed by atoms with E-state index in [1.165, 1.54) is 18.2 Å². The third-order valence-electron chi connectivity index (χ3n) is 6.87. The molecule has 0 radical (unpaired) electrons. The predicted octanol–water partition coefficient (Wildman–Crippen LogP) is -0.582. The number of piperazine rings is 1. The lowest BCUT2D eigenvalue weighted by Gasteiger charge is -2.34. The molecule has 228 valence electrons. The lowest BCUT2D eigenvalue weighted by Crippen LogP contribution is -2.60. The van der Waals surface area contributed by atoms with E-state index in [9.17, 15) is 52.4 Å². The summed E-state index contributed by atoms with van der Waals surface area (Å²) in [6, 6.07) is 0.650. The lowest BCUT2D eigenvalue weighted by atomic mass is 9.72. The number of benzene rings is 2. The zero-order chi connectivity index (χ0) is 31.6. The number of rotatable bonds is 8. The third kappa shape index (κ3) is 6.19. The van der Waals surface area contributed by atoms with Crippen molar-refractivity contribution in [1.29, 1.82) is 0 Å². The highest BCUT2D eigenvalue weighted by molar-refractivity contribution is 6.47. The molecule has 2 aromatic carbocycles. The summed E-state index contributed by atoms with van der Waals surface area (Å²) in [4.78, 5) is 64.6. The van der Waals surface area contributed by atoms with E-state index in [1.54, 1.807) is 0 Å². The Morgan fingerprint density at radius 1 is 1.14 bits per heavy atom. The maximum atomic E-state index is 14.9. The van der Waals surface area contributed by atoms with E-state index in [-0.39, 0.29) is 55.5 Å². The molecule has 43 heavy (non-hydrogen) atoms. The number of carbonyl (C=O) groups is 5. The Labute approximate surface area is 241 Å². The average Bonchev–Trinajstić information content (AvgIpc) is 2.97. The first-order valence-electron chi connectivity index (χ1n) is 12.8. The zero-order valence-electron chi connectivity index (χ0n) is 22.2. The Morgan fingerprint density at radius 2 is 1.86 bits per heavy atom. The number of hydrogen-bond donors (Lipinski definition) is 6. The van der Waals surface area contributed by atoms with Crippen molar-refractivity contribution in [3.63, 3.8) is 0 Å². The maximum Gasteiger partial charge on any atom is 0.547 e. The minimum Gasteiger partial charge on any atom is -0.534 e. The van der Waals surface area contributed by atoms with Gasteiger partial charge in [-0.3, -0.25) is 19.3 Å². The number of aromatic hydroxyl groups is 1. The molecule has 5 amide bonds. The molecule has 0 unspecified atom stereocenters. The number of halogens is 3. The number of aromatic carboxylic acids is 1. The molecule has 0 saturated carbocycles. The fourth-order valence-electron chi connectivity index (χ4n) is 4.65. The molecule has 7 N–H and O–H groups in total. The second-order valence-electron chi connectivity index (χ2n) is 9.62. The fraction of sp³-hybridized carbons (Fsp3) is 0.320. The Morgan fingerprint density at radius 3 is 2.53 bits per heavy atom. The summed E-state index contributed by atoms with van der Waals surface area (Å²) in [5.74, 6) is -13.9. The van der Waals surface area contributed by atoms with Crippen LogP contribution in [-0.2, 0) is 20.8 Å². The van der Waals surface area contributed by atoms with Crippen LogP contribution in [-0.4, -0.2) is 94.0 Å². The molecule has 1 fully saturated rings. The van der Waals surface area contributed by atoms with Gasteiger partial charge in [-0.1, -0.05) is 12.1 Å². The highest BCUT2D eigenvalue weighted by Crippen LogP contribution is 2.32. The van der Waals surface area contributed by atoms with E-state index in [2.05, 4.69) is 5.32 Å². The van der Waals surface area contributed by atoms with E-state index in [1.807, 2.05) is 5.32 Å². The van der Waals surface area contributed by atoms with E-state index < -0.39 is 77.6 Å². The summed E-state index contributed by atoms with van der Waals surface area (Å²) in [6.07, 6.45) is 0.159. The van der Waals surface area contributed by atoms with E-state index in [0.717, 1.165) is 4.90 Å². The highest BCUT2D eigenvalue weighted by atomic mass is 19.2. The van der Waals surface area contributed by atoms with Crippen molar-refractivity contribution in [3.05, 3.63) is 58.4 Å². The lowest BCUT2D eigenvalue weighted by molar-refractivity contribution is -0.153. The summed E-state index contributed by atoms with van der Waals surface area (Å²) >= 11 is 0. The van der Waals surface area contributed by atoms with Crippen LogP contribution in [0.25, 0.3) is 0 Å². The Balaban J connectivity index is 1.61. The van der Waals surface area contributed by atoms with Gasteiger partial charge in [-0.05, 0) is 37.1 Å². The van der Waals surface area contributed by atoms with Crippen LogP contribution in [0.3, 0.4) is 0 Å². The molecule has 0 aromatic heterocycles. The molecule has 2 heterocycles. The molecule has 18 heteroatoms. The van der Waals surface area contributed by atoms with Crippen LogP contribution in [0.2, 0.25) is 0 Å². The number of phenolic OH excluding ortho intramolecular Hbond substituents is 1. The number of para-hydroxylation sites is 1. The Hall–Kier alpha value is -4.84. The summed E-state index contributed by atoms with van der Waals surface area (Å²) in [5.41, 5.74) is 4.30. The van der Waals surface area contributed by atoms with Crippen molar-refractivity contribution in [1.82, 2.24) is 20.4 Å². The molecule has 2 atom stereocenters. The van der Waals surface area contributed by atoms with Gasteiger partial charge in [-0.25, -0.2) is 18.4 Å².